The molecule has 1 N–H and O–H groups in total. The lowest BCUT2D eigenvalue weighted by atomic mass is 10.2. The number of carbonyl (C=O) groups is 1. The normalized spacial score (nSPS) is 14.0. The highest BCUT2D eigenvalue weighted by molar-refractivity contribution is 7.92. The fraction of sp³-hybridized carbons (Fsp3) is 0.200. The van der Waals surface area contributed by atoms with Crippen molar-refractivity contribution < 1.29 is 27.4 Å². The first kappa shape index (κ1) is 16.2. The van der Waals surface area contributed by atoms with Gasteiger partial charge in [-0.25, -0.2) is 22.6 Å². The van der Waals surface area contributed by atoms with Crippen molar-refractivity contribution in [2.24, 2.45) is 0 Å². The molecule has 1 aromatic heterocycles. The van der Waals surface area contributed by atoms with E-state index < -0.39 is 21.8 Å². The highest BCUT2D eigenvalue weighted by atomic mass is 32.2. The van der Waals surface area contributed by atoms with Gasteiger partial charge in [-0.1, -0.05) is 12.1 Å². The zero-order chi connectivity index (χ0) is 17.3. The van der Waals surface area contributed by atoms with Crippen molar-refractivity contribution in [2.45, 2.75) is 5.75 Å². The summed E-state index contributed by atoms with van der Waals surface area (Å²) in [4.78, 5) is 14.9. The van der Waals surface area contributed by atoms with Gasteiger partial charge in [0.05, 0.1) is 17.9 Å². The highest BCUT2D eigenvalue weighted by Gasteiger charge is 2.30. The van der Waals surface area contributed by atoms with Crippen molar-refractivity contribution in [3.8, 4) is 5.88 Å². The van der Waals surface area contributed by atoms with Gasteiger partial charge in [-0.3, -0.25) is 4.31 Å². The van der Waals surface area contributed by atoms with Crippen LogP contribution in [0.5, 0.6) is 5.88 Å². The Morgan fingerprint density at radius 3 is 2.71 bits per heavy atom. The average Bonchev–Trinajstić information content (AvgIpc) is 2.55. The van der Waals surface area contributed by atoms with Crippen LogP contribution in [0.3, 0.4) is 0 Å². The van der Waals surface area contributed by atoms with Crippen LogP contribution in [-0.4, -0.2) is 37.6 Å². The van der Waals surface area contributed by atoms with E-state index in [1.54, 1.807) is 0 Å². The number of carboxylic acids is 1. The fourth-order valence-corrected chi connectivity index (χ4v) is 3.90. The van der Waals surface area contributed by atoms with Crippen molar-refractivity contribution in [1.82, 2.24) is 4.98 Å². The summed E-state index contributed by atoms with van der Waals surface area (Å²) in [6.45, 7) is 0.149. The zero-order valence-electron chi connectivity index (χ0n) is 12.3. The van der Waals surface area contributed by atoms with Crippen LogP contribution in [-0.2, 0) is 15.8 Å². The number of halogens is 1. The van der Waals surface area contributed by atoms with Crippen molar-refractivity contribution in [1.29, 1.82) is 0 Å². The van der Waals surface area contributed by atoms with Crippen LogP contribution >= 0.6 is 0 Å². The molecule has 0 spiro atoms. The highest BCUT2D eigenvalue weighted by Crippen LogP contribution is 2.33. The number of fused-ring (bicyclic) bond motifs is 1. The number of rotatable bonds is 4. The van der Waals surface area contributed by atoms with Crippen molar-refractivity contribution in [2.75, 3.05) is 17.5 Å². The molecule has 0 radical (unpaired) electrons. The van der Waals surface area contributed by atoms with Crippen LogP contribution in [0.25, 0.3) is 0 Å². The van der Waals surface area contributed by atoms with E-state index in [9.17, 15) is 17.6 Å². The molecule has 0 aliphatic carbocycles. The Kier molecular flexibility index (Phi) is 4.10. The molecule has 126 valence electrons. The van der Waals surface area contributed by atoms with E-state index in [0.717, 1.165) is 10.5 Å². The third kappa shape index (κ3) is 3.16. The van der Waals surface area contributed by atoms with Crippen molar-refractivity contribution in [3.05, 3.63) is 53.5 Å². The lowest BCUT2D eigenvalue weighted by Gasteiger charge is -2.29. The van der Waals surface area contributed by atoms with E-state index in [1.165, 1.54) is 30.3 Å². The molecule has 1 aliphatic rings. The molecule has 7 nitrogen and oxygen atoms in total. The second-order valence-corrected chi connectivity index (χ2v) is 7.05. The van der Waals surface area contributed by atoms with Gasteiger partial charge in [-0.2, -0.15) is 0 Å². The van der Waals surface area contributed by atoms with E-state index >= 15 is 0 Å². The van der Waals surface area contributed by atoms with Crippen LogP contribution < -0.4 is 9.04 Å². The largest absolute Gasteiger partial charge is 0.478 e. The maximum atomic E-state index is 13.0. The number of pyridine rings is 1. The lowest BCUT2D eigenvalue weighted by molar-refractivity contribution is 0.0696. The van der Waals surface area contributed by atoms with Crippen molar-refractivity contribution >= 4 is 21.7 Å². The Labute approximate surface area is 137 Å². The molecule has 1 aromatic carbocycles. The fourth-order valence-electron chi connectivity index (χ4n) is 2.35. The second kappa shape index (κ2) is 6.08. The molecular formula is C15H13FN2O5S. The minimum absolute atomic E-state index is 0.0429. The van der Waals surface area contributed by atoms with E-state index in [2.05, 4.69) is 4.98 Å². The SMILES string of the molecule is O=C(O)c1cnc2c(c1)N(S(=O)(=O)Cc1ccc(F)cc1)CCO2. The molecule has 0 bridgehead atoms. The van der Waals surface area contributed by atoms with E-state index in [4.69, 9.17) is 9.84 Å². The molecule has 0 saturated heterocycles. The predicted octanol–water partition coefficient (Wildman–Crippen LogP) is 1.65. The molecule has 0 amide bonds. The Morgan fingerprint density at radius 2 is 2.04 bits per heavy atom. The Bertz CT molecular complexity index is 883. The van der Waals surface area contributed by atoms with Gasteiger partial charge in [0, 0.05) is 6.20 Å². The summed E-state index contributed by atoms with van der Waals surface area (Å²) in [5.74, 6) is -1.95. The molecule has 24 heavy (non-hydrogen) atoms. The monoisotopic (exact) mass is 352 g/mol. The average molecular weight is 352 g/mol. The molecule has 0 atom stereocenters. The second-order valence-electron chi connectivity index (χ2n) is 5.16. The topological polar surface area (TPSA) is 96.8 Å². The van der Waals surface area contributed by atoms with E-state index in [1.807, 2.05) is 0 Å². The summed E-state index contributed by atoms with van der Waals surface area (Å²) in [6, 6.07) is 6.36. The maximum Gasteiger partial charge on any atom is 0.337 e. The minimum atomic E-state index is -3.81. The molecular weight excluding hydrogens is 339 g/mol. The molecule has 0 unspecified atom stereocenters. The van der Waals surface area contributed by atoms with Crippen LogP contribution in [0.4, 0.5) is 10.1 Å². The van der Waals surface area contributed by atoms with Crippen LogP contribution in [0.2, 0.25) is 0 Å². The van der Waals surface area contributed by atoms with Gasteiger partial charge < -0.3 is 9.84 Å². The first-order chi connectivity index (χ1) is 11.4. The number of benzene rings is 1. The maximum absolute atomic E-state index is 13.0. The third-order valence-corrected chi connectivity index (χ3v) is 5.23. The number of hydrogen-bond acceptors (Lipinski definition) is 5. The predicted molar refractivity (Wildman–Crippen MR) is 83.1 cm³/mol. The van der Waals surface area contributed by atoms with Crippen LogP contribution in [0.1, 0.15) is 15.9 Å². The first-order valence-corrected chi connectivity index (χ1v) is 8.59. The number of aromatic carboxylic acids is 1. The van der Waals surface area contributed by atoms with Gasteiger partial charge in [-0.15, -0.1) is 0 Å². The van der Waals surface area contributed by atoms with Gasteiger partial charge in [-0.05, 0) is 23.8 Å². The summed E-state index contributed by atoms with van der Waals surface area (Å²) in [6.07, 6.45) is 1.11. The molecule has 2 aromatic rings. The van der Waals surface area contributed by atoms with E-state index in [-0.39, 0.29) is 36.0 Å². The number of anilines is 1. The third-order valence-electron chi connectivity index (χ3n) is 3.48. The molecule has 1 aliphatic heterocycles. The Morgan fingerprint density at radius 1 is 1.33 bits per heavy atom. The number of sulfonamides is 1. The van der Waals surface area contributed by atoms with Gasteiger partial charge in [0.25, 0.3) is 0 Å². The quantitative estimate of drug-likeness (QED) is 0.899. The molecule has 3 rings (SSSR count). The number of aromatic nitrogens is 1. The lowest BCUT2D eigenvalue weighted by Crippen LogP contribution is -2.39. The Balaban J connectivity index is 1.96. The molecule has 9 heteroatoms. The summed E-state index contributed by atoms with van der Waals surface area (Å²) >= 11 is 0. The van der Waals surface area contributed by atoms with Gasteiger partial charge >= 0.3 is 5.97 Å². The Hall–Kier alpha value is -2.68. The van der Waals surface area contributed by atoms with Gasteiger partial charge in [0.2, 0.25) is 15.9 Å². The molecule has 0 fully saturated rings. The summed E-state index contributed by atoms with van der Waals surface area (Å²) < 4.78 is 44.7. The molecule has 0 saturated carbocycles. The standard InChI is InChI=1S/C15H13FN2O5S/c16-12-3-1-10(2-4-12)9-24(21,22)18-5-6-23-14-13(18)7-11(8-17-14)15(19)20/h1-4,7-8H,5-6,9H2,(H,19,20). The number of nitrogens with zero attached hydrogens (tertiary/aromatic N) is 2. The zero-order valence-corrected chi connectivity index (χ0v) is 13.2. The minimum Gasteiger partial charge on any atom is -0.478 e. The number of hydrogen-bond donors (Lipinski definition) is 1. The summed E-state index contributed by atoms with van der Waals surface area (Å²) in [5.41, 5.74) is 0.372. The van der Waals surface area contributed by atoms with E-state index in [0.29, 0.717) is 5.56 Å². The number of carboxylic acid groups (broad SMARTS) is 1. The number of ether oxygens (including phenoxy) is 1. The smallest absolute Gasteiger partial charge is 0.337 e. The van der Waals surface area contributed by atoms with Crippen LogP contribution in [0.15, 0.2) is 36.5 Å². The summed E-state index contributed by atoms with van der Waals surface area (Å²) in [5, 5.41) is 9.05. The first-order valence-electron chi connectivity index (χ1n) is 6.98. The molecule has 2 heterocycles. The van der Waals surface area contributed by atoms with Gasteiger partial charge in [0.1, 0.15) is 18.1 Å². The summed E-state index contributed by atoms with van der Waals surface area (Å²) in [7, 11) is -3.81. The van der Waals surface area contributed by atoms with Crippen molar-refractivity contribution in [3.63, 3.8) is 0 Å². The van der Waals surface area contributed by atoms with Crippen LogP contribution in [0, 0.1) is 5.82 Å². The van der Waals surface area contributed by atoms with Gasteiger partial charge in [0.15, 0.2) is 0 Å².